The lowest BCUT2D eigenvalue weighted by Gasteiger charge is -2.70. The van der Waals surface area contributed by atoms with Crippen LogP contribution in [0.1, 0.15) is 56.7 Å². The lowest BCUT2D eigenvalue weighted by molar-refractivity contribution is -0.214. The van der Waals surface area contributed by atoms with E-state index in [0.29, 0.717) is 18.6 Å². The molecule has 6 aliphatic rings. The molecule has 0 radical (unpaired) electrons. The van der Waals surface area contributed by atoms with E-state index in [2.05, 4.69) is 40.8 Å². The number of esters is 1. The van der Waals surface area contributed by atoms with Gasteiger partial charge in [-0.15, -0.1) is 0 Å². The van der Waals surface area contributed by atoms with Gasteiger partial charge in [0, 0.05) is 30.6 Å². The van der Waals surface area contributed by atoms with Crippen LogP contribution in [0.15, 0.2) is 54.6 Å². The molecule has 8 atom stereocenters. The van der Waals surface area contributed by atoms with Crippen molar-refractivity contribution in [1.29, 1.82) is 0 Å². The molecule has 2 heterocycles. The third-order valence-electron chi connectivity index (χ3n) is 12.1. The predicted octanol–water partition coefficient (Wildman–Crippen LogP) is 3.74. The van der Waals surface area contributed by atoms with Crippen molar-refractivity contribution >= 4 is 17.8 Å². The standard InChI is InChI=1S/C39H49N3O7/c1-7-48-35(45)28(19-23(2)3)41-34(44)27(20-24-11-9-8-10-12-24)40-33(43)26-22-37-15-16-39(26,47-6)36-38(37)17-18-42(4)30(37)21-25-13-14-29(46-5)32(49-36)31(25)38/h8-16,23,26-28,30,36H,7,17-22H2,1-6H3,(H,40,43)(H,41,44)/t26?,27?,28?,30?,36?,37?,38-,39?/m0/s1. The minimum Gasteiger partial charge on any atom is -0.493 e. The fraction of sp³-hybridized carbons (Fsp3) is 0.564. The molecular formula is C39H49N3O7. The second kappa shape index (κ2) is 12.5. The molecular weight excluding hydrogens is 622 g/mol. The highest BCUT2D eigenvalue weighted by molar-refractivity contribution is 5.92. The zero-order valence-electron chi connectivity index (χ0n) is 29.4. The van der Waals surface area contributed by atoms with Crippen LogP contribution in [-0.2, 0) is 42.1 Å². The second-order valence-electron chi connectivity index (χ2n) is 14.9. The molecule has 8 rings (SSSR count). The SMILES string of the molecule is CCOC(=O)C(CC(C)C)NC(=O)C(Cc1ccccc1)NC(=O)C1CC23C=CC1(OC)C1Oc4c(OC)ccc5c4[C@@]12CCN(C)C3C5. The number of hydrogen-bond acceptors (Lipinski definition) is 8. The summed E-state index contributed by atoms with van der Waals surface area (Å²) < 4.78 is 24.6. The Morgan fingerprint density at radius 3 is 2.51 bits per heavy atom. The number of nitrogens with one attached hydrogen (secondary N) is 2. The van der Waals surface area contributed by atoms with Gasteiger partial charge in [0.05, 0.1) is 25.0 Å². The van der Waals surface area contributed by atoms with E-state index in [1.54, 1.807) is 21.1 Å². The molecule has 0 aromatic heterocycles. The molecule has 262 valence electrons. The number of piperidine rings is 1. The van der Waals surface area contributed by atoms with Gasteiger partial charge in [-0.25, -0.2) is 4.79 Å². The van der Waals surface area contributed by atoms with Gasteiger partial charge in [0.1, 0.15) is 23.8 Å². The maximum Gasteiger partial charge on any atom is 0.328 e. The van der Waals surface area contributed by atoms with E-state index in [1.165, 1.54) is 11.1 Å². The Balaban J connectivity index is 1.25. The van der Waals surface area contributed by atoms with Gasteiger partial charge in [-0.1, -0.05) is 62.4 Å². The van der Waals surface area contributed by atoms with Crippen LogP contribution in [0.4, 0.5) is 0 Å². The highest BCUT2D eigenvalue weighted by atomic mass is 16.6. The zero-order chi connectivity index (χ0) is 34.7. The molecule has 2 amide bonds. The van der Waals surface area contributed by atoms with Crippen LogP contribution in [0, 0.1) is 17.3 Å². The molecule has 4 bridgehead atoms. The van der Waals surface area contributed by atoms with Gasteiger partial charge in [0.2, 0.25) is 11.8 Å². The first kappa shape index (κ1) is 33.6. The summed E-state index contributed by atoms with van der Waals surface area (Å²) in [6.07, 6.45) is 6.86. The number of fused-ring (bicyclic) bond motifs is 1. The Morgan fingerprint density at radius 1 is 1.04 bits per heavy atom. The van der Waals surface area contributed by atoms with Gasteiger partial charge in [-0.05, 0) is 69.3 Å². The van der Waals surface area contributed by atoms with Crippen molar-refractivity contribution in [1.82, 2.24) is 15.5 Å². The summed E-state index contributed by atoms with van der Waals surface area (Å²) >= 11 is 0. The Kier molecular flexibility index (Phi) is 8.54. The van der Waals surface area contributed by atoms with Crippen LogP contribution in [0.25, 0.3) is 0 Å². The molecule has 7 unspecified atom stereocenters. The number of benzene rings is 2. The first-order valence-electron chi connectivity index (χ1n) is 17.7. The minimum atomic E-state index is -1.08. The Hall–Kier alpha value is -3.89. The van der Waals surface area contributed by atoms with Crippen molar-refractivity contribution in [2.45, 2.75) is 88.1 Å². The molecule has 2 aliphatic heterocycles. The van der Waals surface area contributed by atoms with Gasteiger partial charge >= 0.3 is 5.97 Å². The number of hydrogen-bond donors (Lipinski definition) is 2. The van der Waals surface area contributed by atoms with Crippen LogP contribution >= 0.6 is 0 Å². The first-order valence-corrected chi connectivity index (χ1v) is 17.7. The van der Waals surface area contributed by atoms with Crippen LogP contribution < -0.4 is 20.1 Å². The summed E-state index contributed by atoms with van der Waals surface area (Å²) in [7, 11) is 5.50. The lowest BCUT2D eigenvalue weighted by atomic mass is 9.37. The number of carbonyl (C=O) groups excluding carboxylic acids is 3. The van der Waals surface area contributed by atoms with Crippen LogP contribution in [-0.4, -0.2) is 86.9 Å². The molecule has 2 fully saturated rings. The van der Waals surface area contributed by atoms with Crippen molar-refractivity contribution < 1.29 is 33.3 Å². The van der Waals surface area contributed by atoms with Crippen LogP contribution in [0.3, 0.4) is 0 Å². The number of methoxy groups -OCH3 is 2. The van der Waals surface area contributed by atoms with Gasteiger partial charge in [0.15, 0.2) is 11.5 Å². The van der Waals surface area contributed by atoms with E-state index in [1.807, 2.05) is 50.2 Å². The molecule has 10 heteroatoms. The topological polar surface area (TPSA) is 115 Å². The summed E-state index contributed by atoms with van der Waals surface area (Å²) in [5, 5.41) is 6.08. The van der Waals surface area contributed by atoms with E-state index >= 15 is 0 Å². The predicted molar refractivity (Wildman–Crippen MR) is 183 cm³/mol. The molecule has 4 aliphatic carbocycles. The Bertz CT molecular complexity index is 1660. The third-order valence-corrected chi connectivity index (χ3v) is 12.1. The fourth-order valence-electron chi connectivity index (χ4n) is 10.0. The average Bonchev–Trinajstić information content (AvgIpc) is 3.47. The van der Waals surface area contributed by atoms with Crippen molar-refractivity contribution in [2.24, 2.45) is 17.3 Å². The summed E-state index contributed by atoms with van der Waals surface area (Å²) in [6, 6.07) is 12.2. The molecule has 1 saturated heterocycles. The Morgan fingerprint density at radius 2 is 1.82 bits per heavy atom. The van der Waals surface area contributed by atoms with E-state index in [0.717, 1.165) is 30.7 Å². The molecule has 2 aromatic carbocycles. The summed E-state index contributed by atoms with van der Waals surface area (Å²) in [6.45, 7) is 6.84. The molecule has 2 spiro atoms. The second-order valence-corrected chi connectivity index (χ2v) is 14.9. The summed E-state index contributed by atoms with van der Waals surface area (Å²) in [4.78, 5) is 44.2. The van der Waals surface area contributed by atoms with E-state index in [-0.39, 0.29) is 41.7 Å². The number of carbonyl (C=O) groups is 3. The number of ether oxygens (including phenoxy) is 4. The number of amides is 2. The van der Waals surface area contributed by atoms with Crippen molar-refractivity contribution in [2.75, 3.05) is 34.4 Å². The average molecular weight is 672 g/mol. The van der Waals surface area contributed by atoms with Gasteiger partial charge in [-0.3, -0.25) is 9.59 Å². The largest absolute Gasteiger partial charge is 0.493 e. The zero-order valence-corrected chi connectivity index (χ0v) is 29.4. The lowest BCUT2D eigenvalue weighted by Crippen LogP contribution is -2.80. The highest BCUT2D eigenvalue weighted by Gasteiger charge is 2.79. The first-order chi connectivity index (χ1) is 23.5. The maximum absolute atomic E-state index is 14.8. The van der Waals surface area contributed by atoms with Crippen molar-refractivity contribution in [3.63, 3.8) is 0 Å². The molecule has 1 saturated carbocycles. The number of likely N-dealkylation sites (tertiary alicyclic amines) is 1. The van der Waals surface area contributed by atoms with Crippen LogP contribution in [0.2, 0.25) is 0 Å². The molecule has 2 N–H and O–H groups in total. The van der Waals surface area contributed by atoms with E-state index < -0.39 is 41.6 Å². The van der Waals surface area contributed by atoms with Gasteiger partial charge in [0.25, 0.3) is 0 Å². The normalized spacial score (nSPS) is 31.4. The van der Waals surface area contributed by atoms with Crippen molar-refractivity contribution in [3.05, 3.63) is 71.3 Å². The molecule has 49 heavy (non-hydrogen) atoms. The number of rotatable bonds is 12. The molecule has 10 nitrogen and oxygen atoms in total. The molecule has 2 aromatic rings. The highest BCUT2D eigenvalue weighted by Crippen LogP contribution is 2.74. The Labute approximate surface area is 288 Å². The van der Waals surface area contributed by atoms with E-state index in [4.69, 9.17) is 18.9 Å². The third kappa shape index (κ3) is 4.92. The maximum atomic E-state index is 14.8. The quantitative estimate of drug-likeness (QED) is 0.259. The van der Waals surface area contributed by atoms with Crippen LogP contribution in [0.5, 0.6) is 11.5 Å². The van der Waals surface area contributed by atoms with Gasteiger partial charge in [-0.2, -0.15) is 0 Å². The minimum absolute atomic E-state index is 0.136. The summed E-state index contributed by atoms with van der Waals surface area (Å²) in [5.74, 6) is -0.226. The van der Waals surface area contributed by atoms with Crippen molar-refractivity contribution in [3.8, 4) is 11.5 Å². The number of likely N-dealkylation sites (N-methyl/N-ethyl adjacent to an activating group) is 1. The number of nitrogens with zero attached hydrogens (tertiary/aromatic N) is 1. The smallest absolute Gasteiger partial charge is 0.328 e. The van der Waals surface area contributed by atoms with E-state index in [9.17, 15) is 14.4 Å². The van der Waals surface area contributed by atoms with Gasteiger partial charge < -0.3 is 34.5 Å². The fourth-order valence-corrected chi connectivity index (χ4v) is 10.0. The summed E-state index contributed by atoms with van der Waals surface area (Å²) in [5.41, 5.74) is 1.52. The monoisotopic (exact) mass is 671 g/mol.